The molecule has 1 aliphatic rings. The molecule has 1 N–H and O–H groups in total. The van der Waals surface area contributed by atoms with Crippen LogP contribution in [0.2, 0.25) is 0 Å². The summed E-state index contributed by atoms with van der Waals surface area (Å²) < 4.78 is 10.9. The summed E-state index contributed by atoms with van der Waals surface area (Å²) in [5, 5.41) is 5.82. The summed E-state index contributed by atoms with van der Waals surface area (Å²) in [6.07, 6.45) is 2.18. The highest BCUT2D eigenvalue weighted by atomic mass is 32.1. The van der Waals surface area contributed by atoms with Crippen molar-refractivity contribution in [2.24, 2.45) is 0 Å². The van der Waals surface area contributed by atoms with Crippen LogP contribution in [0.25, 0.3) is 11.3 Å². The molecule has 1 amide bonds. The smallest absolute Gasteiger partial charge is 0.240 e. The quantitative estimate of drug-likeness (QED) is 0.560. The third kappa shape index (κ3) is 5.42. The van der Waals surface area contributed by atoms with E-state index in [0.29, 0.717) is 6.54 Å². The zero-order valence-electron chi connectivity index (χ0n) is 17.8. The summed E-state index contributed by atoms with van der Waals surface area (Å²) >= 11 is 1.53. The SMILES string of the molecule is COc1ccc(-c2csc(N(CC(=O)NCC3CCCO3)c3cccc(C)c3)n2)cc1. The number of carbonyl (C=O) groups is 1. The number of carbonyl (C=O) groups excluding carboxylic acids is 1. The highest BCUT2D eigenvalue weighted by Crippen LogP contribution is 2.33. The van der Waals surface area contributed by atoms with Gasteiger partial charge in [0.05, 0.1) is 18.9 Å². The fourth-order valence-corrected chi connectivity index (χ4v) is 4.43. The molecule has 6 nitrogen and oxygen atoms in total. The van der Waals surface area contributed by atoms with Crippen molar-refractivity contribution in [2.75, 3.05) is 31.7 Å². The van der Waals surface area contributed by atoms with Crippen LogP contribution in [0.15, 0.2) is 53.9 Å². The molecule has 7 heteroatoms. The highest BCUT2D eigenvalue weighted by molar-refractivity contribution is 7.14. The van der Waals surface area contributed by atoms with Crippen molar-refractivity contribution in [1.29, 1.82) is 0 Å². The maximum Gasteiger partial charge on any atom is 0.240 e. The number of rotatable bonds is 8. The molecule has 31 heavy (non-hydrogen) atoms. The van der Waals surface area contributed by atoms with Crippen molar-refractivity contribution in [3.05, 3.63) is 59.5 Å². The zero-order valence-corrected chi connectivity index (χ0v) is 18.7. The Labute approximate surface area is 186 Å². The average molecular weight is 438 g/mol. The number of aryl methyl sites for hydroxylation is 1. The summed E-state index contributed by atoms with van der Waals surface area (Å²) in [4.78, 5) is 19.5. The number of methoxy groups -OCH3 is 1. The summed E-state index contributed by atoms with van der Waals surface area (Å²) in [7, 11) is 1.65. The van der Waals surface area contributed by atoms with Gasteiger partial charge < -0.3 is 19.7 Å². The first kappa shape index (κ1) is 21.3. The molecule has 1 aromatic heterocycles. The van der Waals surface area contributed by atoms with E-state index in [-0.39, 0.29) is 18.6 Å². The fraction of sp³-hybridized carbons (Fsp3) is 0.333. The molecule has 162 valence electrons. The van der Waals surface area contributed by atoms with Crippen LogP contribution in [0, 0.1) is 6.92 Å². The lowest BCUT2D eigenvalue weighted by molar-refractivity contribution is -0.120. The van der Waals surface area contributed by atoms with Gasteiger partial charge in [-0.1, -0.05) is 12.1 Å². The van der Waals surface area contributed by atoms with Gasteiger partial charge in [-0.3, -0.25) is 4.79 Å². The standard InChI is InChI=1S/C24H27N3O3S/c1-17-5-3-6-19(13-17)27(15-23(28)25-14-21-7-4-12-30-21)24-26-22(16-31-24)18-8-10-20(29-2)11-9-18/h3,5-6,8-11,13,16,21H,4,7,12,14-15H2,1-2H3,(H,25,28). The second-order valence-electron chi connectivity index (χ2n) is 7.61. The Balaban J connectivity index is 1.54. The second-order valence-corrected chi connectivity index (χ2v) is 8.44. The maximum absolute atomic E-state index is 12.7. The van der Waals surface area contributed by atoms with Crippen LogP contribution in [-0.2, 0) is 9.53 Å². The van der Waals surface area contributed by atoms with Crippen molar-refractivity contribution >= 4 is 28.1 Å². The van der Waals surface area contributed by atoms with E-state index in [9.17, 15) is 4.79 Å². The molecular formula is C24H27N3O3S. The molecule has 1 unspecified atom stereocenters. The zero-order chi connectivity index (χ0) is 21.6. The molecule has 1 saturated heterocycles. The van der Waals surface area contributed by atoms with Crippen LogP contribution < -0.4 is 15.0 Å². The second kappa shape index (κ2) is 9.94. The molecule has 1 fully saturated rings. The monoisotopic (exact) mass is 437 g/mol. The van der Waals surface area contributed by atoms with Crippen LogP contribution in [0.4, 0.5) is 10.8 Å². The van der Waals surface area contributed by atoms with Crippen LogP contribution in [0.3, 0.4) is 0 Å². The van der Waals surface area contributed by atoms with E-state index >= 15 is 0 Å². The third-order valence-corrected chi connectivity index (χ3v) is 6.14. The van der Waals surface area contributed by atoms with Gasteiger partial charge in [0, 0.05) is 29.8 Å². The van der Waals surface area contributed by atoms with Crippen molar-refractivity contribution in [2.45, 2.75) is 25.9 Å². The normalized spacial score (nSPS) is 15.6. The minimum atomic E-state index is -0.0433. The van der Waals surface area contributed by atoms with Gasteiger partial charge in [0.1, 0.15) is 12.3 Å². The molecular weight excluding hydrogens is 410 g/mol. The summed E-state index contributed by atoms with van der Waals surface area (Å²) in [5.74, 6) is 0.765. The van der Waals surface area contributed by atoms with Gasteiger partial charge in [-0.25, -0.2) is 4.98 Å². The predicted octanol–water partition coefficient (Wildman–Crippen LogP) is 4.56. The van der Waals surface area contributed by atoms with Crippen LogP contribution >= 0.6 is 11.3 Å². The van der Waals surface area contributed by atoms with Gasteiger partial charge in [0.15, 0.2) is 5.13 Å². The van der Waals surface area contributed by atoms with Crippen molar-refractivity contribution < 1.29 is 14.3 Å². The molecule has 0 radical (unpaired) electrons. The van der Waals surface area contributed by atoms with Gasteiger partial charge in [-0.05, 0) is 61.7 Å². The van der Waals surface area contributed by atoms with E-state index in [0.717, 1.165) is 52.8 Å². The summed E-state index contributed by atoms with van der Waals surface area (Å²) in [6, 6.07) is 15.9. The Bertz CT molecular complexity index is 1010. The van der Waals surface area contributed by atoms with Crippen LogP contribution in [-0.4, -0.2) is 43.8 Å². The molecule has 0 aliphatic carbocycles. The minimum absolute atomic E-state index is 0.0433. The molecule has 4 rings (SSSR count). The largest absolute Gasteiger partial charge is 0.497 e. The van der Waals surface area contributed by atoms with Crippen molar-refractivity contribution in [1.82, 2.24) is 10.3 Å². The molecule has 1 atom stereocenters. The molecule has 3 aromatic rings. The van der Waals surface area contributed by atoms with Crippen molar-refractivity contribution in [3.63, 3.8) is 0 Å². The first-order valence-corrected chi connectivity index (χ1v) is 11.3. The minimum Gasteiger partial charge on any atom is -0.497 e. The number of anilines is 2. The van der Waals surface area contributed by atoms with E-state index in [1.807, 2.05) is 59.7 Å². The lowest BCUT2D eigenvalue weighted by Gasteiger charge is -2.22. The van der Waals surface area contributed by atoms with Crippen molar-refractivity contribution in [3.8, 4) is 17.0 Å². The van der Waals surface area contributed by atoms with Gasteiger partial charge >= 0.3 is 0 Å². The molecule has 2 aromatic carbocycles. The molecule has 0 bridgehead atoms. The van der Waals surface area contributed by atoms with Crippen LogP contribution in [0.5, 0.6) is 5.75 Å². The summed E-state index contributed by atoms with van der Waals surface area (Å²) in [5.41, 5.74) is 3.97. The lowest BCUT2D eigenvalue weighted by Crippen LogP contribution is -2.38. The highest BCUT2D eigenvalue weighted by Gasteiger charge is 2.20. The Morgan fingerprint density at radius 3 is 2.84 bits per heavy atom. The topological polar surface area (TPSA) is 63.7 Å². The van der Waals surface area contributed by atoms with Gasteiger partial charge in [-0.15, -0.1) is 11.3 Å². The number of thiazole rings is 1. The lowest BCUT2D eigenvalue weighted by atomic mass is 10.2. The Hall–Kier alpha value is -2.90. The predicted molar refractivity (Wildman–Crippen MR) is 124 cm³/mol. The fourth-order valence-electron chi connectivity index (χ4n) is 3.58. The Morgan fingerprint density at radius 2 is 2.13 bits per heavy atom. The first-order valence-electron chi connectivity index (χ1n) is 10.4. The van der Waals surface area contributed by atoms with E-state index in [2.05, 4.69) is 11.4 Å². The summed E-state index contributed by atoms with van der Waals surface area (Å²) in [6.45, 7) is 3.58. The Kier molecular flexibility index (Phi) is 6.84. The van der Waals surface area contributed by atoms with Crippen LogP contribution in [0.1, 0.15) is 18.4 Å². The number of hydrogen-bond acceptors (Lipinski definition) is 6. The number of aromatic nitrogens is 1. The number of hydrogen-bond donors (Lipinski definition) is 1. The third-order valence-electron chi connectivity index (χ3n) is 5.27. The van der Waals surface area contributed by atoms with Gasteiger partial charge in [-0.2, -0.15) is 0 Å². The van der Waals surface area contributed by atoms with E-state index in [4.69, 9.17) is 14.5 Å². The molecule has 0 spiro atoms. The van der Waals surface area contributed by atoms with Gasteiger partial charge in [0.25, 0.3) is 0 Å². The maximum atomic E-state index is 12.7. The molecule has 0 saturated carbocycles. The van der Waals surface area contributed by atoms with E-state index in [1.54, 1.807) is 7.11 Å². The number of nitrogens with zero attached hydrogens (tertiary/aromatic N) is 2. The molecule has 1 aliphatic heterocycles. The van der Waals surface area contributed by atoms with E-state index in [1.165, 1.54) is 11.3 Å². The Morgan fingerprint density at radius 1 is 1.29 bits per heavy atom. The van der Waals surface area contributed by atoms with Gasteiger partial charge in [0.2, 0.25) is 5.91 Å². The average Bonchev–Trinajstić information content (AvgIpc) is 3.48. The first-order chi connectivity index (χ1) is 15.1. The van der Waals surface area contributed by atoms with E-state index < -0.39 is 0 Å². The number of ether oxygens (including phenoxy) is 2. The number of benzene rings is 2. The molecule has 2 heterocycles. The number of amides is 1. The number of nitrogens with one attached hydrogen (secondary N) is 1.